The van der Waals surface area contributed by atoms with E-state index in [2.05, 4.69) is 57.0 Å². The average molecular weight is 231 g/mol. The highest BCUT2D eigenvalue weighted by Gasteiger charge is 2.10. The molecule has 0 aromatic rings. The van der Waals surface area contributed by atoms with Gasteiger partial charge in [-0.05, 0) is 52.2 Å². The van der Waals surface area contributed by atoms with Crippen molar-refractivity contribution in [2.75, 3.05) is 0 Å². The summed E-state index contributed by atoms with van der Waals surface area (Å²) < 4.78 is 0. The zero-order chi connectivity index (χ0) is 13.3. The fourth-order valence-corrected chi connectivity index (χ4v) is 1.94. The summed E-state index contributed by atoms with van der Waals surface area (Å²) >= 11 is 0. The molecule has 0 aromatic heterocycles. The molecule has 0 saturated carbocycles. The largest absolute Gasteiger partial charge is 0.261 e. The second-order valence-electron chi connectivity index (χ2n) is 3.63. The minimum Gasteiger partial charge on any atom is -0.261 e. The van der Waals surface area contributed by atoms with Gasteiger partial charge >= 0.3 is 0 Å². The Hall–Kier alpha value is -1.37. The van der Waals surface area contributed by atoms with Crippen LogP contribution < -0.4 is 0 Å². The van der Waals surface area contributed by atoms with E-state index in [1.54, 1.807) is 0 Å². The fourth-order valence-electron chi connectivity index (χ4n) is 1.94. The summed E-state index contributed by atoms with van der Waals surface area (Å²) in [5.41, 5.74) is 4.90. The highest BCUT2D eigenvalue weighted by molar-refractivity contribution is 5.61. The molecule has 0 spiro atoms. The maximum atomic E-state index is 4.43. The molecule has 0 aliphatic rings. The van der Waals surface area contributed by atoms with Crippen LogP contribution in [0.2, 0.25) is 0 Å². The molecule has 0 N–H and O–H groups in total. The predicted octanol–water partition coefficient (Wildman–Crippen LogP) is 5.23. The molecule has 0 unspecified atom stereocenters. The van der Waals surface area contributed by atoms with Crippen molar-refractivity contribution in [1.29, 1.82) is 0 Å². The zero-order valence-corrected chi connectivity index (χ0v) is 12.0. The van der Waals surface area contributed by atoms with Gasteiger partial charge < -0.3 is 0 Å². The topological polar surface area (TPSA) is 12.4 Å². The van der Waals surface area contributed by atoms with Gasteiger partial charge in [0.15, 0.2) is 0 Å². The summed E-state index contributed by atoms with van der Waals surface area (Å²) in [6.45, 7) is 12.4. The lowest BCUT2D eigenvalue weighted by atomic mass is 9.93. The molecule has 17 heavy (non-hydrogen) atoms. The number of rotatable bonds is 5. The van der Waals surface area contributed by atoms with Gasteiger partial charge in [-0.15, -0.1) is 0 Å². The Labute approximate surface area is 106 Å². The molecule has 0 radical (unpaired) electrons. The van der Waals surface area contributed by atoms with Crippen LogP contribution in [0.5, 0.6) is 0 Å². The van der Waals surface area contributed by atoms with E-state index in [0.717, 1.165) is 12.1 Å². The molecule has 94 valence electrons. The Morgan fingerprint density at radius 3 is 1.71 bits per heavy atom. The van der Waals surface area contributed by atoms with Gasteiger partial charge in [-0.3, -0.25) is 4.99 Å². The van der Waals surface area contributed by atoms with Crippen LogP contribution in [0.25, 0.3) is 0 Å². The van der Waals surface area contributed by atoms with Crippen LogP contribution in [0.1, 0.15) is 48.0 Å². The lowest BCUT2D eigenvalue weighted by Crippen LogP contribution is -1.96. The lowest BCUT2D eigenvalue weighted by molar-refractivity contribution is 1.09. The number of hydrogen-bond donors (Lipinski definition) is 0. The van der Waals surface area contributed by atoms with E-state index in [4.69, 9.17) is 0 Å². The van der Waals surface area contributed by atoms with Gasteiger partial charge in [0, 0.05) is 11.8 Å². The molecule has 1 heteroatoms. The molecule has 0 fully saturated rings. The zero-order valence-electron chi connectivity index (χ0n) is 12.0. The third kappa shape index (κ3) is 4.18. The molecule has 0 aliphatic heterocycles. The molecule has 0 saturated heterocycles. The Morgan fingerprint density at radius 2 is 1.41 bits per heavy atom. The Morgan fingerprint density at radius 1 is 0.824 bits per heavy atom. The van der Waals surface area contributed by atoms with Crippen molar-refractivity contribution in [2.45, 2.75) is 48.0 Å². The lowest BCUT2D eigenvalue weighted by Gasteiger charge is -2.14. The summed E-state index contributed by atoms with van der Waals surface area (Å²) in [7, 11) is 0. The summed E-state index contributed by atoms with van der Waals surface area (Å²) in [4.78, 5) is 4.43. The van der Waals surface area contributed by atoms with E-state index >= 15 is 0 Å². The number of aliphatic imine (C=N–C) groups is 1. The Bertz CT molecular complexity index is 376. The molecule has 0 rings (SSSR count). The third-order valence-corrected chi connectivity index (χ3v) is 2.76. The number of allylic oxidation sites excluding steroid dienone is 6. The smallest absolute Gasteiger partial charge is 0.0657 e. The van der Waals surface area contributed by atoms with Crippen molar-refractivity contribution < 1.29 is 0 Å². The monoisotopic (exact) mass is 231 g/mol. The molecular formula is C16H25N. The van der Waals surface area contributed by atoms with Gasteiger partial charge in [-0.2, -0.15) is 0 Å². The van der Waals surface area contributed by atoms with Crippen LogP contribution in [0.3, 0.4) is 0 Å². The van der Waals surface area contributed by atoms with E-state index in [9.17, 15) is 0 Å². The van der Waals surface area contributed by atoms with Crippen LogP contribution >= 0.6 is 0 Å². The Kier molecular flexibility index (Phi) is 8.04. The molecule has 0 amide bonds. The number of nitrogens with zero attached hydrogens (tertiary/aromatic N) is 1. The van der Waals surface area contributed by atoms with Crippen molar-refractivity contribution in [3.8, 4) is 0 Å². The van der Waals surface area contributed by atoms with Crippen molar-refractivity contribution in [1.82, 2.24) is 0 Å². The molecular weight excluding hydrogens is 206 g/mol. The van der Waals surface area contributed by atoms with Crippen molar-refractivity contribution >= 4 is 6.21 Å². The van der Waals surface area contributed by atoms with E-state index in [-0.39, 0.29) is 0 Å². The van der Waals surface area contributed by atoms with Crippen LogP contribution in [-0.2, 0) is 0 Å². The molecule has 0 aliphatic carbocycles. The van der Waals surface area contributed by atoms with Crippen LogP contribution in [-0.4, -0.2) is 6.21 Å². The van der Waals surface area contributed by atoms with Crippen LogP contribution in [0, 0.1) is 0 Å². The number of hydrogen-bond acceptors (Lipinski definition) is 1. The van der Waals surface area contributed by atoms with Gasteiger partial charge in [-0.25, -0.2) is 0 Å². The van der Waals surface area contributed by atoms with E-state index < -0.39 is 0 Å². The SMILES string of the molecule is CC=NC(=CC)C(=CC)C(=CC)C(=CC)CC. The first-order chi connectivity index (χ1) is 8.19. The van der Waals surface area contributed by atoms with Gasteiger partial charge in [0.25, 0.3) is 0 Å². The molecule has 1 nitrogen and oxygen atoms in total. The van der Waals surface area contributed by atoms with Gasteiger partial charge in [0.05, 0.1) is 5.70 Å². The maximum absolute atomic E-state index is 4.43. The summed E-state index contributed by atoms with van der Waals surface area (Å²) in [6, 6.07) is 0. The molecule has 0 bridgehead atoms. The second kappa shape index (κ2) is 8.74. The normalized spacial score (nSPS) is 15.9. The standard InChI is InChI=1S/C16H25N/c1-7-13(8-2)14(9-3)15(10-4)16(11-5)17-12-6/h7,9-12H,8H2,1-6H3. The highest BCUT2D eigenvalue weighted by atomic mass is 14.7. The van der Waals surface area contributed by atoms with Crippen molar-refractivity contribution in [3.05, 3.63) is 46.7 Å². The van der Waals surface area contributed by atoms with Crippen molar-refractivity contribution in [3.63, 3.8) is 0 Å². The molecule has 0 heterocycles. The summed E-state index contributed by atoms with van der Waals surface area (Å²) in [5, 5.41) is 0. The van der Waals surface area contributed by atoms with Gasteiger partial charge in [-0.1, -0.05) is 31.2 Å². The first-order valence-electron chi connectivity index (χ1n) is 6.33. The minimum atomic E-state index is 1.04. The van der Waals surface area contributed by atoms with E-state index in [0.29, 0.717) is 0 Å². The summed E-state index contributed by atoms with van der Waals surface area (Å²) in [5.74, 6) is 0. The second-order valence-corrected chi connectivity index (χ2v) is 3.63. The van der Waals surface area contributed by atoms with E-state index in [1.807, 2.05) is 20.1 Å². The van der Waals surface area contributed by atoms with Crippen molar-refractivity contribution in [2.24, 2.45) is 4.99 Å². The summed E-state index contributed by atoms with van der Waals surface area (Å²) in [6.07, 6.45) is 11.4. The minimum absolute atomic E-state index is 1.04. The Balaban J connectivity index is 5.55. The van der Waals surface area contributed by atoms with Crippen LogP contribution in [0.4, 0.5) is 0 Å². The predicted molar refractivity (Wildman–Crippen MR) is 79.5 cm³/mol. The quantitative estimate of drug-likeness (QED) is 0.454. The fraction of sp³-hybridized carbons (Fsp3) is 0.438. The maximum Gasteiger partial charge on any atom is 0.0657 e. The van der Waals surface area contributed by atoms with Gasteiger partial charge in [0.1, 0.15) is 0 Å². The first-order valence-corrected chi connectivity index (χ1v) is 6.33. The molecule has 0 atom stereocenters. The van der Waals surface area contributed by atoms with E-state index in [1.165, 1.54) is 16.7 Å². The third-order valence-electron chi connectivity index (χ3n) is 2.76. The first kappa shape index (κ1) is 15.6. The highest BCUT2D eigenvalue weighted by Crippen LogP contribution is 2.28. The van der Waals surface area contributed by atoms with Crippen LogP contribution in [0.15, 0.2) is 51.7 Å². The molecule has 0 aromatic carbocycles. The average Bonchev–Trinajstić information content (AvgIpc) is 2.37. The van der Waals surface area contributed by atoms with Gasteiger partial charge in [0.2, 0.25) is 0 Å².